The molecule has 10 heteroatoms. The first kappa shape index (κ1) is 19.7. The zero-order valence-electron chi connectivity index (χ0n) is 15.7. The highest BCUT2D eigenvalue weighted by molar-refractivity contribution is 5.98. The lowest BCUT2D eigenvalue weighted by Gasteiger charge is -2.27. The minimum Gasteiger partial charge on any atom is -0.493 e. The Morgan fingerprint density at radius 1 is 1.34 bits per heavy atom. The first-order valence-electron chi connectivity index (χ1n) is 8.91. The van der Waals surface area contributed by atoms with Gasteiger partial charge >= 0.3 is 0 Å². The zero-order valence-corrected chi connectivity index (χ0v) is 15.7. The van der Waals surface area contributed by atoms with Gasteiger partial charge in [0.05, 0.1) is 12.3 Å². The van der Waals surface area contributed by atoms with Crippen LogP contribution >= 0.6 is 0 Å². The summed E-state index contributed by atoms with van der Waals surface area (Å²) in [6.45, 7) is 2.42. The molecule has 0 saturated carbocycles. The summed E-state index contributed by atoms with van der Waals surface area (Å²) in [6, 6.07) is 5.23. The van der Waals surface area contributed by atoms with Gasteiger partial charge in [-0.25, -0.2) is 14.4 Å². The van der Waals surface area contributed by atoms with Gasteiger partial charge in [0, 0.05) is 17.2 Å². The molecule has 1 aliphatic rings. The number of fused-ring (bicyclic) bond motifs is 1. The largest absolute Gasteiger partial charge is 0.493 e. The quantitative estimate of drug-likeness (QED) is 0.342. The van der Waals surface area contributed by atoms with Crippen molar-refractivity contribution in [3.63, 3.8) is 0 Å². The van der Waals surface area contributed by atoms with E-state index in [2.05, 4.69) is 20.6 Å². The van der Waals surface area contributed by atoms with E-state index < -0.39 is 11.9 Å². The second-order valence-corrected chi connectivity index (χ2v) is 6.29. The molecule has 29 heavy (non-hydrogen) atoms. The number of guanidine groups is 1. The van der Waals surface area contributed by atoms with Crippen molar-refractivity contribution >= 4 is 23.3 Å². The van der Waals surface area contributed by atoms with Crippen molar-refractivity contribution in [2.24, 2.45) is 4.99 Å². The molecule has 1 aromatic heterocycles. The summed E-state index contributed by atoms with van der Waals surface area (Å²) in [5, 5.41) is 23.6. The number of benzene rings is 1. The van der Waals surface area contributed by atoms with Gasteiger partial charge in [-0.15, -0.1) is 0 Å². The molecule has 0 amide bonds. The number of aliphatic imine (C=N–C) groups is 1. The summed E-state index contributed by atoms with van der Waals surface area (Å²) in [5.74, 6) is 0.151. The molecule has 2 aromatic rings. The number of nitrogen functional groups attached to an aromatic ring is 2. The van der Waals surface area contributed by atoms with E-state index in [0.717, 1.165) is 12.8 Å². The van der Waals surface area contributed by atoms with E-state index in [1.165, 1.54) is 18.2 Å². The topological polar surface area (TPSA) is 158 Å². The fraction of sp³-hybridized carbons (Fsp3) is 0.263. The van der Waals surface area contributed by atoms with E-state index in [9.17, 15) is 9.65 Å². The molecule has 0 radical (unpaired) electrons. The molecule has 1 atom stereocenters. The molecule has 3 rings (SSSR count). The average Bonchev–Trinajstić information content (AvgIpc) is 2.68. The number of ether oxygens (including phenoxy) is 1. The Hall–Kier alpha value is -4.05. The summed E-state index contributed by atoms with van der Waals surface area (Å²) in [7, 11) is 0. The van der Waals surface area contributed by atoms with Gasteiger partial charge in [0.15, 0.2) is 6.19 Å². The van der Waals surface area contributed by atoms with Crippen LogP contribution in [0.5, 0.6) is 5.75 Å². The number of nitriles is 2. The molecule has 0 saturated heterocycles. The molecular formula is C19H19FN8O. The van der Waals surface area contributed by atoms with E-state index in [1.54, 1.807) is 6.19 Å². The van der Waals surface area contributed by atoms with Crippen LogP contribution in [0.15, 0.2) is 23.2 Å². The van der Waals surface area contributed by atoms with Gasteiger partial charge in [0.1, 0.15) is 40.9 Å². The number of halogens is 1. The molecule has 9 nitrogen and oxygen atoms in total. The van der Waals surface area contributed by atoms with Crippen LogP contribution in [-0.4, -0.2) is 17.6 Å². The molecule has 148 valence electrons. The van der Waals surface area contributed by atoms with Crippen LogP contribution in [0.2, 0.25) is 0 Å². The van der Waals surface area contributed by atoms with Crippen LogP contribution in [0, 0.1) is 28.6 Å². The third-order valence-corrected chi connectivity index (χ3v) is 4.38. The maximum Gasteiger partial charge on any atom is 0.211 e. The number of pyridine rings is 1. The third kappa shape index (κ3) is 3.82. The lowest BCUT2D eigenvalue weighted by atomic mass is 9.94. The Balaban J connectivity index is 2.19. The Labute approximate surface area is 166 Å². The van der Waals surface area contributed by atoms with Crippen LogP contribution < -0.4 is 26.8 Å². The summed E-state index contributed by atoms with van der Waals surface area (Å²) in [5.41, 5.74) is 13.1. The number of rotatable bonds is 5. The van der Waals surface area contributed by atoms with Crippen molar-refractivity contribution in [2.75, 3.05) is 23.4 Å². The highest BCUT2D eigenvalue weighted by Crippen LogP contribution is 2.43. The molecule has 0 bridgehead atoms. The second kappa shape index (κ2) is 8.31. The number of nitrogens with two attached hydrogens (primary N) is 2. The van der Waals surface area contributed by atoms with Crippen LogP contribution in [-0.2, 0) is 0 Å². The number of nitrogens with zero attached hydrogens (tertiary/aromatic N) is 4. The van der Waals surface area contributed by atoms with Crippen molar-refractivity contribution in [1.82, 2.24) is 10.3 Å². The first-order chi connectivity index (χ1) is 14.0. The molecule has 1 aromatic carbocycles. The Morgan fingerprint density at radius 2 is 2.14 bits per heavy atom. The lowest BCUT2D eigenvalue weighted by molar-refractivity contribution is 0.304. The standard InChI is InChI=1S/C19H19FN8O/c1-2-3-6-29-13-7-10(20)4-5-11(13)16-14-15(23)12(8-21)17(24)27-18(14)28-19(26-16)25-9-22/h4-5,7,16H,2-3,6H2,1H3,(H6,23,24,25,26,27,28). The minimum absolute atomic E-state index is 0.0259. The van der Waals surface area contributed by atoms with Gasteiger partial charge in [-0.2, -0.15) is 10.5 Å². The number of hydrogen-bond acceptors (Lipinski definition) is 9. The Bertz CT molecular complexity index is 1050. The van der Waals surface area contributed by atoms with Crippen molar-refractivity contribution in [1.29, 1.82) is 10.5 Å². The maximum absolute atomic E-state index is 13.9. The summed E-state index contributed by atoms with van der Waals surface area (Å²) in [6.07, 6.45) is 3.49. The van der Waals surface area contributed by atoms with Gasteiger partial charge in [-0.3, -0.25) is 5.32 Å². The molecule has 0 aliphatic carbocycles. The highest BCUT2D eigenvalue weighted by atomic mass is 19.1. The summed E-state index contributed by atoms with van der Waals surface area (Å²) < 4.78 is 19.7. The molecule has 2 heterocycles. The van der Waals surface area contributed by atoms with E-state index in [1.807, 2.05) is 13.0 Å². The number of unbranched alkanes of at least 4 members (excludes halogenated alkanes) is 1. The SMILES string of the molecule is CCCCOc1cc(F)ccc1C1N=C(NC#N)Nc2nc(N)c(C#N)c(N)c21. The van der Waals surface area contributed by atoms with E-state index in [4.69, 9.17) is 21.5 Å². The van der Waals surface area contributed by atoms with Crippen LogP contribution in [0.4, 0.5) is 21.7 Å². The van der Waals surface area contributed by atoms with Crippen LogP contribution in [0.1, 0.15) is 42.5 Å². The number of aromatic nitrogens is 1. The van der Waals surface area contributed by atoms with E-state index >= 15 is 0 Å². The fourth-order valence-electron chi connectivity index (χ4n) is 2.99. The molecule has 1 unspecified atom stereocenters. The van der Waals surface area contributed by atoms with Crippen molar-refractivity contribution in [3.05, 3.63) is 40.7 Å². The normalized spacial score (nSPS) is 14.6. The fourth-order valence-corrected chi connectivity index (χ4v) is 2.99. The number of nitrogens with one attached hydrogen (secondary N) is 2. The predicted molar refractivity (Wildman–Crippen MR) is 106 cm³/mol. The van der Waals surface area contributed by atoms with Crippen molar-refractivity contribution < 1.29 is 9.13 Å². The van der Waals surface area contributed by atoms with E-state index in [0.29, 0.717) is 23.5 Å². The summed E-state index contributed by atoms with van der Waals surface area (Å²) in [4.78, 5) is 8.66. The average molecular weight is 394 g/mol. The van der Waals surface area contributed by atoms with Crippen LogP contribution in [0.25, 0.3) is 0 Å². The van der Waals surface area contributed by atoms with Crippen molar-refractivity contribution in [2.45, 2.75) is 25.8 Å². The smallest absolute Gasteiger partial charge is 0.211 e. The monoisotopic (exact) mass is 394 g/mol. The molecular weight excluding hydrogens is 375 g/mol. The maximum atomic E-state index is 13.9. The first-order valence-corrected chi connectivity index (χ1v) is 8.91. The highest BCUT2D eigenvalue weighted by Gasteiger charge is 2.31. The Kier molecular flexibility index (Phi) is 5.65. The van der Waals surface area contributed by atoms with Crippen molar-refractivity contribution in [3.8, 4) is 18.0 Å². The summed E-state index contributed by atoms with van der Waals surface area (Å²) >= 11 is 0. The molecule has 6 N–H and O–H groups in total. The van der Waals surface area contributed by atoms with Gasteiger partial charge < -0.3 is 21.5 Å². The minimum atomic E-state index is -0.792. The number of anilines is 3. The van der Waals surface area contributed by atoms with Crippen LogP contribution in [0.3, 0.4) is 0 Å². The number of hydrogen-bond donors (Lipinski definition) is 4. The third-order valence-electron chi connectivity index (χ3n) is 4.38. The molecule has 0 spiro atoms. The Morgan fingerprint density at radius 3 is 2.83 bits per heavy atom. The molecule has 1 aliphatic heterocycles. The van der Waals surface area contributed by atoms with Gasteiger partial charge in [-0.05, 0) is 18.6 Å². The van der Waals surface area contributed by atoms with Gasteiger partial charge in [-0.1, -0.05) is 13.3 Å². The second-order valence-electron chi connectivity index (χ2n) is 6.29. The zero-order chi connectivity index (χ0) is 21.0. The van der Waals surface area contributed by atoms with E-state index in [-0.39, 0.29) is 28.8 Å². The predicted octanol–water partition coefficient (Wildman–Crippen LogP) is 2.38. The lowest BCUT2D eigenvalue weighted by Crippen LogP contribution is -2.33. The molecule has 0 fully saturated rings. The van der Waals surface area contributed by atoms with Gasteiger partial charge in [0.2, 0.25) is 5.96 Å². The van der Waals surface area contributed by atoms with Gasteiger partial charge in [0.25, 0.3) is 0 Å².